The quantitative estimate of drug-likeness (QED) is 0.569. The van der Waals surface area contributed by atoms with E-state index in [-0.39, 0.29) is 80.3 Å². The van der Waals surface area contributed by atoms with Crippen molar-refractivity contribution >= 4 is 0 Å². The fourth-order valence-electron chi connectivity index (χ4n) is 0.465. The zero-order chi connectivity index (χ0) is 6.69. The fraction of sp³-hybridized carbons (Fsp3) is 0. The van der Waals surface area contributed by atoms with Crippen LogP contribution >= 0.6 is 0 Å². The van der Waals surface area contributed by atoms with Crippen molar-refractivity contribution in [3.8, 4) is 12.3 Å². The molecule has 0 aliphatic heterocycles. The predicted molar refractivity (Wildman–Crippen MR) is 45.8 cm³/mol. The minimum atomic E-state index is 0. The summed E-state index contributed by atoms with van der Waals surface area (Å²) in [6.07, 6.45) is 8.13. The summed E-state index contributed by atoms with van der Waals surface area (Å²) >= 11 is 0. The summed E-state index contributed by atoms with van der Waals surface area (Å²) in [5.41, 5.74) is 0.660. The maximum Gasteiger partial charge on any atom is 0 e. The Morgan fingerprint density at radius 2 is 2.00 bits per heavy atom. The summed E-state index contributed by atoms with van der Waals surface area (Å²) in [5, 5.41) is 7.22. The zero-order valence-electron chi connectivity index (χ0n) is 7.94. The number of hydrogen-bond acceptors (Lipinski definition) is 2. The van der Waals surface area contributed by atoms with Crippen molar-refractivity contribution in [3.05, 3.63) is 40.2 Å². The molecule has 0 amide bonds. The molecule has 0 spiro atoms. The molecule has 68 valence electrons. The molecule has 0 fully saturated rings. The Morgan fingerprint density at radius 3 is 2.31 bits per heavy atom. The first kappa shape index (κ1) is 23.5. The van der Waals surface area contributed by atoms with Crippen molar-refractivity contribution in [3.63, 3.8) is 0 Å². The van der Waals surface area contributed by atoms with Gasteiger partial charge in [0.2, 0.25) is 0 Å². The van der Waals surface area contributed by atoms with Crippen molar-refractivity contribution in [1.82, 2.24) is 15.0 Å². The summed E-state index contributed by atoms with van der Waals surface area (Å²) in [6.45, 7) is 0. The molecular weight excluding hydrogens is 316 g/mol. The molecule has 0 atom stereocenters. The molecule has 5 heteroatoms. The van der Waals surface area contributed by atoms with Gasteiger partial charge in [0.05, 0.1) is 0 Å². The van der Waals surface area contributed by atoms with Crippen LogP contribution in [-0.4, -0.2) is 15.0 Å². The third kappa shape index (κ3) is 8.96. The van der Waals surface area contributed by atoms with E-state index >= 15 is 0 Å². The second-order valence-electron chi connectivity index (χ2n) is 1.49. The van der Waals surface area contributed by atoms with E-state index in [0.717, 1.165) is 0 Å². The molecule has 1 aromatic rings. The van der Waals surface area contributed by atoms with E-state index in [2.05, 4.69) is 23.3 Å². The Bertz CT molecular complexity index is 240. The standard InChI is InChI=1S/C6H5N3.2CH3.2Y/c1-3-4-6-5-9(2)8-7-6;;;;/h1,4-5H,2H2;2*1H3;;/q-2;2*-1;;. The molecule has 0 aliphatic carbocycles. The van der Waals surface area contributed by atoms with Gasteiger partial charge in [0.1, 0.15) is 0 Å². The van der Waals surface area contributed by atoms with E-state index in [1.807, 2.05) is 0 Å². The maximum absolute atomic E-state index is 4.97. The molecule has 0 aliphatic rings. The molecule has 0 N–H and O–H groups in total. The number of nitrogens with zero attached hydrogens (tertiary/aromatic N) is 3. The molecule has 1 heterocycles. The average molecular weight is 327 g/mol. The summed E-state index contributed by atoms with van der Waals surface area (Å²) in [7, 11) is 3.48. The van der Waals surface area contributed by atoms with E-state index in [1.54, 1.807) is 6.20 Å². The van der Waals surface area contributed by atoms with E-state index in [9.17, 15) is 0 Å². The number of terminal acetylenes is 1. The maximum atomic E-state index is 4.97. The second kappa shape index (κ2) is 12.6. The summed E-state index contributed by atoms with van der Waals surface area (Å²) in [6, 6.07) is 0. The number of hydrogen-bond donors (Lipinski definition) is 0. The van der Waals surface area contributed by atoms with E-state index in [4.69, 9.17) is 6.42 Å². The molecule has 0 unspecified atom stereocenters. The first-order valence-corrected chi connectivity index (χ1v) is 2.35. The van der Waals surface area contributed by atoms with Crippen LogP contribution in [0.15, 0.2) is 6.20 Å². The minimum absolute atomic E-state index is 0. The Kier molecular flexibility index (Phi) is 22.8. The Morgan fingerprint density at radius 1 is 1.46 bits per heavy atom. The van der Waals surface area contributed by atoms with Gasteiger partial charge in [0.25, 0.3) is 0 Å². The van der Waals surface area contributed by atoms with Crippen LogP contribution in [0, 0.1) is 40.7 Å². The molecule has 1 aromatic heterocycles. The van der Waals surface area contributed by atoms with Crippen LogP contribution in [0.25, 0.3) is 0 Å². The molecular formula is C8H11N3Y2-4. The van der Waals surface area contributed by atoms with E-state index in [1.165, 1.54) is 11.1 Å². The van der Waals surface area contributed by atoms with Crippen molar-refractivity contribution in [1.29, 1.82) is 0 Å². The van der Waals surface area contributed by atoms with Crippen LogP contribution in [0.4, 0.5) is 0 Å². The summed E-state index contributed by atoms with van der Waals surface area (Å²) in [5.74, 6) is 2.33. The van der Waals surface area contributed by atoms with Gasteiger partial charge in [0.15, 0.2) is 0 Å². The first-order valence-electron chi connectivity index (χ1n) is 2.35. The smallest absolute Gasteiger partial charge is 0 e. The van der Waals surface area contributed by atoms with Gasteiger partial charge in [0, 0.05) is 65.4 Å². The van der Waals surface area contributed by atoms with Gasteiger partial charge in [-0.2, -0.15) is 12.1 Å². The van der Waals surface area contributed by atoms with Crippen LogP contribution in [0.3, 0.4) is 0 Å². The van der Waals surface area contributed by atoms with Crippen LogP contribution < -0.4 is 0 Å². The predicted octanol–water partition coefficient (Wildman–Crippen LogP) is 0.999. The topological polar surface area (TPSA) is 30.7 Å². The van der Waals surface area contributed by atoms with Crippen molar-refractivity contribution in [2.45, 2.75) is 0 Å². The molecule has 13 heavy (non-hydrogen) atoms. The molecule has 0 aromatic carbocycles. The number of rotatable bonds is 1. The van der Waals surface area contributed by atoms with Gasteiger partial charge < -0.3 is 19.5 Å². The van der Waals surface area contributed by atoms with Crippen molar-refractivity contribution in [2.75, 3.05) is 0 Å². The molecule has 0 saturated carbocycles. The number of aromatic nitrogens is 3. The Hall–Kier alpha value is 0.648. The van der Waals surface area contributed by atoms with Crippen LogP contribution in [0.5, 0.6) is 0 Å². The molecule has 1 rings (SSSR count). The van der Waals surface area contributed by atoms with Crippen LogP contribution in [0.1, 0.15) is 5.69 Å². The van der Waals surface area contributed by atoms with E-state index < -0.39 is 0 Å². The minimum Gasteiger partial charge on any atom is -0.389 e. The molecule has 3 nitrogen and oxygen atoms in total. The molecule has 0 saturated heterocycles. The van der Waals surface area contributed by atoms with Gasteiger partial charge in [-0.1, -0.05) is 0 Å². The molecule has 2 radical (unpaired) electrons. The Labute approximate surface area is 131 Å². The SMILES string of the molecule is C#C[CH-]c1cn([CH2-])nn1.[CH3-].[CH3-].[Y].[Y]. The van der Waals surface area contributed by atoms with Gasteiger partial charge in [-0.25, -0.2) is 5.92 Å². The fourth-order valence-corrected chi connectivity index (χ4v) is 0.465. The van der Waals surface area contributed by atoms with Gasteiger partial charge in [-0.15, -0.1) is 17.8 Å². The zero-order valence-corrected chi connectivity index (χ0v) is 13.6. The first-order chi connectivity index (χ1) is 4.33. The average Bonchev–Trinajstić information content (AvgIpc) is 2.17. The van der Waals surface area contributed by atoms with Gasteiger partial charge >= 0.3 is 0 Å². The summed E-state index contributed by atoms with van der Waals surface area (Å²) in [4.78, 5) is 0. The molecule has 0 bridgehead atoms. The van der Waals surface area contributed by atoms with Gasteiger partial charge in [-0.3, -0.25) is 6.42 Å². The van der Waals surface area contributed by atoms with Crippen LogP contribution in [-0.2, 0) is 65.4 Å². The second-order valence-corrected chi connectivity index (χ2v) is 1.49. The normalized spacial score (nSPS) is 5.77. The van der Waals surface area contributed by atoms with Crippen molar-refractivity contribution < 1.29 is 65.4 Å². The Balaban J connectivity index is -0.000000101. The monoisotopic (exact) mass is 327 g/mol. The van der Waals surface area contributed by atoms with Crippen LogP contribution in [0.2, 0.25) is 0 Å². The van der Waals surface area contributed by atoms with Crippen molar-refractivity contribution in [2.24, 2.45) is 0 Å². The third-order valence-electron chi connectivity index (χ3n) is 0.788. The van der Waals surface area contributed by atoms with Gasteiger partial charge in [-0.05, 0) is 5.69 Å². The third-order valence-corrected chi connectivity index (χ3v) is 0.788. The largest absolute Gasteiger partial charge is 0.389 e. The summed E-state index contributed by atoms with van der Waals surface area (Å²) < 4.78 is 1.35. The van der Waals surface area contributed by atoms with E-state index in [0.29, 0.717) is 5.69 Å².